The van der Waals surface area contributed by atoms with E-state index in [2.05, 4.69) is 15.7 Å². The van der Waals surface area contributed by atoms with Crippen LogP contribution in [0.15, 0.2) is 12.5 Å². The van der Waals surface area contributed by atoms with Gasteiger partial charge in [-0.05, 0) is 42.9 Å². The van der Waals surface area contributed by atoms with Crippen LogP contribution in [0.1, 0.15) is 31.0 Å². The van der Waals surface area contributed by atoms with E-state index in [9.17, 15) is 0 Å². The largest absolute Gasteiger partial charge is 0.333 e. The molecule has 0 aromatic carbocycles. The van der Waals surface area contributed by atoms with Gasteiger partial charge in [0.2, 0.25) is 0 Å². The Labute approximate surface area is 94.6 Å². The minimum Gasteiger partial charge on any atom is -0.333 e. The lowest BCUT2D eigenvalue weighted by molar-refractivity contribution is 0.453. The molecule has 3 saturated carbocycles. The monoisotopic (exact) mass is 222 g/mol. The van der Waals surface area contributed by atoms with Crippen molar-refractivity contribution in [1.29, 1.82) is 0 Å². The van der Waals surface area contributed by atoms with Gasteiger partial charge in [0.05, 0.1) is 17.9 Å². The molecule has 0 amide bonds. The Balaban J connectivity index is 1.61. The molecule has 1 aromatic heterocycles. The fourth-order valence-corrected chi connectivity index (χ4v) is 4.43. The van der Waals surface area contributed by atoms with E-state index in [-0.39, 0.29) is 0 Å². The van der Waals surface area contributed by atoms with Gasteiger partial charge in [0.1, 0.15) is 0 Å². The first-order valence-corrected chi connectivity index (χ1v) is 6.50. The average molecular weight is 223 g/mol. The molecule has 1 heterocycles. The fourth-order valence-electron chi connectivity index (χ4n) is 4.29. The predicted molar refractivity (Wildman–Crippen MR) is 58.6 cm³/mol. The van der Waals surface area contributed by atoms with Crippen molar-refractivity contribution < 1.29 is 0 Å². The third-order valence-corrected chi connectivity index (χ3v) is 5.10. The van der Waals surface area contributed by atoms with Crippen molar-refractivity contribution >= 4 is 11.6 Å². The summed E-state index contributed by atoms with van der Waals surface area (Å²) in [5, 5.41) is 0. The van der Waals surface area contributed by atoms with Crippen molar-refractivity contribution in [2.24, 2.45) is 23.7 Å². The zero-order valence-electron chi connectivity index (χ0n) is 8.64. The van der Waals surface area contributed by atoms with Gasteiger partial charge >= 0.3 is 0 Å². The first-order valence-electron chi connectivity index (χ1n) is 5.97. The minimum absolute atomic E-state index is 0.544. The molecule has 0 spiro atoms. The SMILES string of the molecule is ClCc1cn(C2C3C4CCC(C4)C32)cn1. The molecule has 3 fully saturated rings. The average Bonchev–Trinajstić information content (AvgIpc) is 2.72. The molecule has 1 aromatic rings. The molecule has 0 N–H and O–H groups in total. The van der Waals surface area contributed by atoms with Crippen LogP contribution in [-0.4, -0.2) is 9.55 Å². The van der Waals surface area contributed by atoms with Gasteiger partial charge in [0, 0.05) is 12.2 Å². The van der Waals surface area contributed by atoms with Crippen LogP contribution in [0.5, 0.6) is 0 Å². The standard InChI is InChI=1S/C12H15ClN2/c13-4-9-5-15(6-14-9)12-10-7-1-2-8(3-7)11(10)12/h5-8,10-12H,1-4H2. The number of hydrogen-bond acceptors (Lipinski definition) is 1. The number of imidazole rings is 1. The molecule has 2 bridgehead atoms. The molecule has 3 heteroatoms. The quantitative estimate of drug-likeness (QED) is 0.704. The normalized spacial score (nSPS) is 45.8. The van der Waals surface area contributed by atoms with Crippen molar-refractivity contribution in [2.45, 2.75) is 31.2 Å². The van der Waals surface area contributed by atoms with Gasteiger partial charge < -0.3 is 4.57 Å². The third-order valence-electron chi connectivity index (χ3n) is 4.83. The van der Waals surface area contributed by atoms with Gasteiger partial charge in [-0.1, -0.05) is 0 Å². The summed E-state index contributed by atoms with van der Waals surface area (Å²) in [6.45, 7) is 0. The molecule has 4 atom stereocenters. The lowest BCUT2D eigenvalue weighted by Crippen LogP contribution is -2.02. The van der Waals surface area contributed by atoms with Crippen molar-refractivity contribution in [2.75, 3.05) is 0 Å². The Bertz CT molecular complexity index is 384. The molecule has 3 aliphatic carbocycles. The van der Waals surface area contributed by atoms with E-state index in [0.29, 0.717) is 5.88 Å². The molecule has 0 aliphatic heterocycles. The van der Waals surface area contributed by atoms with E-state index < -0.39 is 0 Å². The zero-order chi connectivity index (χ0) is 9.99. The summed E-state index contributed by atoms with van der Waals surface area (Å²) in [7, 11) is 0. The van der Waals surface area contributed by atoms with Gasteiger partial charge in [-0.25, -0.2) is 4.98 Å². The maximum absolute atomic E-state index is 5.78. The lowest BCUT2D eigenvalue weighted by Gasteiger charge is -2.08. The minimum atomic E-state index is 0.544. The Morgan fingerprint density at radius 3 is 2.67 bits per heavy atom. The molecule has 4 unspecified atom stereocenters. The fraction of sp³-hybridized carbons (Fsp3) is 0.750. The van der Waals surface area contributed by atoms with Crippen LogP contribution in [-0.2, 0) is 5.88 Å². The van der Waals surface area contributed by atoms with Crippen LogP contribution in [0.3, 0.4) is 0 Å². The van der Waals surface area contributed by atoms with Gasteiger partial charge in [-0.3, -0.25) is 0 Å². The van der Waals surface area contributed by atoms with E-state index in [1.54, 1.807) is 0 Å². The smallest absolute Gasteiger partial charge is 0.0952 e. The number of nitrogens with zero attached hydrogens (tertiary/aromatic N) is 2. The maximum atomic E-state index is 5.78. The summed E-state index contributed by atoms with van der Waals surface area (Å²) < 4.78 is 2.33. The van der Waals surface area contributed by atoms with Crippen molar-refractivity contribution in [3.63, 3.8) is 0 Å². The van der Waals surface area contributed by atoms with Crippen LogP contribution in [0.25, 0.3) is 0 Å². The maximum Gasteiger partial charge on any atom is 0.0952 e. The van der Waals surface area contributed by atoms with Gasteiger partial charge in [0.15, 0.2) is 0 Å². The summed E-state index contributed by atoms with van der Waals surface area (Å²) in [4.78, 5) is 4.32. The highest BCUT2D eigenvalue weighted by atomic mass is 35.5. The van der Waals surface area contributed by atoms with E-state index in [0.717, 1.165) is 35.4 Å². The number of aromatic nitrogens is 2. The lowest BCUT2D eigenvalue weighted by atomic mass is 10.0. The van der Waals surface area contributed by atoms with Gasteiger partial charge in [-0.15, -0.1) is 11.6 Å². The van der Waals surface area contributed by atoms with Crippen molar-refractivity contribution in [1.82, 2.24) is 9.55 Å². The highest BCUT2D eigenvalue weighted by Crippen LogP contribution is 2.71. The molecule has 15 heavy (non-hydrogen) atoms. The van der Waals surface area contributed by atoms with Crippen LogP contribution >= 0.6 is 11.6 Å². The number of fused-ring (bicyclic) bond motifs is 5. The summed E-state index contributed by atoms with van der Waals surface area (Å²) in [6.07, 6.45) is 8.62. The molecule has 80 valence electrons. The molecular formula is C12H15ClN2. The van der Waals surface area contributed by atoms with Crippen LogP contribution < -0.4 is 0 Å². The van der Waals surface area contributed by atoms with Crippen molar-refractivity contribution in [3.8, 4) is 0 Å². The Kier molecular flexibility index (Phi) is 1.60. The second-order valence-corrected chi connectivity index (χ2v) is 5.69. The number of alkyl halides is 1. The van der Waals surface area contributed by atoms with E-state index in [1.165, 1.54) is 19.3 Å². The van der Waals surface area contributed by atoms with Crippen LogP contribution in [0, 0.1) is 23.7 Å². The first kappa shape index (κ1) is 8.63. The highest BCUT2D eigenvalue weighted by molar-refractivity contribution is 6.16. The van der Waals surface area contributed by atoms with Crippen LogP contribution in [0.4, 0.5) is 0 Å². The molecular weight excluding hydrogens is 208 g/mol. The topological polar surface area (TPSA) is 17.8 Å². The summed E-state index contributed by atoms with van der Waals surface area (Å²) in [6, 6.07) is 0.778. The molecule has 0 radical (unpaired) electrons. The summed E-state index contributed by atoms with van der Waals surface area (Å²) in [5.41, 5.74) is 1.02. The molecule has 0 saturated heterocycles. The third kappa shape index (κ3) is 1.04. The number of rotatable bonds is 2. The first-order chi connectivity index (χ1) is 7.38. The molecule has 2 nitrogen and oxygen atoms in total. The number of halogens is 1. The number of hydrogen-bond donors (Lipinski definition) is 0. The molecule has 3 aliphatic rings. The van der Waals surface area contributed by atoms with Crippen molar-refractivity contribution in [3.05, 3.63) is 18.2 Å². The van der Waals surface area contributed by atoms with E-state index in [1.807, 2.05) is 6.33 Å². The van der Waals surface area contributed by atoms with E-state index >= 15 is 0 Å². The zero-order valence-corrected chi connectivity index (χ0v) is 9.40. The second-order valence-electron chi connectivity index (χ2n) is 5.42. The summed E-state index contributed by atoms with van der Waals surface area (Å²) >= 11 is 5.78. The Morgan fingerprint density at radius 1 is 1.33 bits per heavy atom. The highest BCUT2D eigenvalue weighted by Gasteiger charge is 2.65. The predicted octanol–water partition coefficient (Wildman–Crippen LogP) is 2.84. The van der Waals surface area contributed by atoms with Gasteiger partial charge in [0.25, 0.3) is 0 Å². The second kappa shape index (κ2) is 2.79. The Morgan fingerprint density at radius 2 is 2.07 bits per heavy atom. The molecule has 4 rings (SSSR count). The Hall–Kier alpha value is -0.500. The summed E-state index contributed by atoms with van der Waals surface area (Å²) in [5.74, 6) is 4.59. The van der Waals surface area contributed by atoms with Gasteiger partial charge in [-0.2, -0.15) is 0 Å². The van der Waals surface area contributed by atoms with Crippen LogP contribution in [0.2, 0.25) is 0 Å². The van der Waals surface area contributed by atoms with E-state index in [4.69, 9.17) is 11.6 Å².